The van der Waals surface area contributed by atoms with Crippen molar-refractivity contribution >= 4 is 6.29 Å². The highest BCUT2D eigenvalue weighted by Gasteiger charge is 2.07. The Morgan fingerprint density at radius 2 is 2.45 bits per heavy atom. The van der Waals surface area contributed by atoms with Crippen LogP contribution >= 0.6 is 0 Å². The first-order valence-electron chi connectivity index (χ1n) is 3.42. The van der Waals surface area contributed by atoms with E-state index in [1.165, 1.54) is 0 Å². The molecule has 1 atom stereocenters. The van der Waals surface area contributed by atoms with Gasteiger partial charge < -0.3 is 14.3 Å². The zero-order chi connectivity index (χ0) is 8.27. The Kier molecular flexibility index (Phi) is 2.44. The van der Waals surface area contributed by atoms with E-state index in [9.17, 15) is 4.79 Å². The summed E-state index contributed by atoms with van der Waals surface area (Å²) in [5.41, 5.74) is 0. The van der Waals surface area contributed by atoms with Crippen molar-refractivity contribution in [2.75, 3.05) is 0 Å². The maximum Gasteiger partial charge on any atom is 0.130 e. The van der Waals surface area contributed by atoms with Gasteiger partial charge in [0.2, 0.25) is 0 Å². The molecule has 0 aliphatic rings. The third kappa shape index (κ3) is 1.68. The summed E-state index contributed by atoms with van der Waals surface area (Å²) in [4.78, 5) is 10.3. The van der Waals surface area contributed by atoms with Crippen LogP contribution in [0.5, 0.6) is 0 Å². The number of aliphatic hydroxyl groups excluding tert-OH is 1. The van der Waals surface area contributed by atoms with E-state index in [-0.39, 0.29) is 12.5 Å². The molecule has 11 heavy (non-hydrogen) atoms. The van der Waals surface area contributed by atoms with Gasteiger partial charge in [0.15, 0.2) is 0 Å². The number of hydrogen-bond acceptors (Lipinski definition) is 3. The van der Waals surface area contributed by atoms with E-state index in [4.69, 9.17) is 9.52 Å². The minimum atomic E-state index is -0.227. The molecule has 0 amide bonds. The zero-order valence-electron chi connectivity index (χ0n) is 6.28. The summed E-state index contributed by atoms with van der Waals surface area (Å²) in [7, 11) is 0. The number of carbonyl (C=O) groups excluding carboxylic acids is 1. The third-order valence-electron chi connectivity index (χ3n) is 1.49. The molecule has 1 aromatic heterocycles. The fourth-order valence-corrected chi connectivity index (χ4v) is 0.791. The second-order valence-electron chi connectivity index (χ2n) is 2.39. The molecule has 0 saturated heterocycles. The Labute approximate surface area is 64.6 Å². The van der Waals surface area contributed by atoms with Gasteiger partial charge in [0.25, 0.3) is 0 Å². The van der Waals surface area contributed by atoms with Gasteiger partial charge in [-0.2, -0.15) is 0 Å². The molecule has 1 heterocycles. The first-order chi connectivity index (χ1) is 5.27. The summed E-state index contributed by atoms with van der Waals surface area (Å²) < 4.78 is 5.10. The molecule has 0 bridgehead atoms. The summed E-state index contributed by atoms with van der Waals surface area (Å²) in [6.45, 7) is 1.62. The highest BCUT2D eigenvalue weighted by Crippen LogP contribution is 2.15. The lowest BCUT2D eigenvalue weighted by Crippen LogP contribution is -1.90. The molecule has 0 spiro atoms. The largest absolute Gasteiger partial charge is 0.463 e. The second-order valence-corrected chi connectivity index (χ2v) is 2.39. The predicted molar refractivity (Wildman–Crippen MR) is 39.1 cm³/mol. The van der Waals surface area contributed by atoms with Crippen LogP contribution in [0.2, 0.25) is 0 Å². The number of aldehydes is 1. The van der Waals surface area contributed by atoms with Gasteiger partial charge in [-0.3, -0.25) is 0 Å². The average molecular weight is 154 g/mol. The maximum absolute atomic E-state index is 10.3. The Balaban J connectivity index is 2.79. The van der Waals surface area contributed by atoms with Crippen LogP contribution in [0, 0.1) is 0 Å². The monoisotopic (exact) mass is 154 g/mol. The molecule has 0 aromatic carbocycles. The van der Waals surface area contributed by atoms with Crippen molar-refractivity contribution in [2.24, 2.45) is 0 Å². The molecule has 0 saturated carbocycles. The molecule has 0 aliphatic heterocycles. The molecule has 60 valence electrons. The summed E-state index contributed by atoms with van der Waals surface area (Å²) in [5, 5.41) is 8.62. The first kappa shape index (κ1) is 8.01. The van der Waals surface area contributed by atoms with Crippen LogP contribution in [0.25, 0.3) is 0 Å². The van der Waals surface area contributed by atoms with Crippen LogP contribution in [-0.2, 0) is 11.4 Å². The van der Waals surface area contributed by atoms with E-state index in [0.29, 0.717) is 11.5 Å². The predicted octanol–water partition coefficient (Wildman–Crippen LogP) is 1.07. The highest BCUT2D eigenvalue weighted by atomic mass is 16.4. The fraction of sp³-hybridized carbons (Fsp3) is 0.375. The standard InChI is InChI=1S/C8H10O3/c1-6(4-9)8-3-2-7(5-10)11-8/h2-4,6,10H,5H2,1H3. The van der Waals surface area contributed by atoms with E-state index < -0.39 is 0 Å². The molecule has 3 nitrogen and oxygen atoms in total. The fourth-order valence-electron chi connectivity index (χ4n) is 0.791. The zero-order valence-corrected chi connectivity index (χ0v) is 6.28. The molecule has 0 aliphatic carbocycles. The Hall–Kier alpha value is -1.09. The molecule has 1 N–H and O–H groups in total. The van der Waals surface area contributed by atoms with Gasteiger partial charge in [-0.15, -0.1) is 0 Å². The van der Waals surface area contributed by atoms with Gasteiger partial charge in [-0.1, -0.05) is 0 Å². The molecular formula is C8H10O3. The third-order valence-corrected chi connectivity index (χ3v) is 1.49. The van der Waals surface area contributed by atoms with E-state index in [2.05, 4.69) is 0 Å². The van der Waals surface area contributed by atoms with E-state index in [0.717, 1.165) is 6.29 Å². The van der Waals surface area contributed by atoms with Crippen LogP contribution in [0.3, 0.4) is 0 Å². The Morgan fingerprint density at radius 3 is 2.91 bits per heavy atom. The van der Waals surface area contributed by atoms with Crippen molar-refractivity contribution in [1.29, 1.82) is 0 Å². The summed E-state index contributed by atoms with van der Waals surface area (Å²) in [6, 6.07) is 3.36. The Bertz CT molecular complexity index is 239. The van der Waals surface area contributed by atoms with Gasteiger partial charge in [0.1, 0.15) is 24.4 Å². The topological polar surface area (TPSA) is 50.4 Å². The van der Waals surface area contributed by atoms with Crippen LogP contribution < -0.4 is 0 Å². The van der Waals surface area contributed by atoms with Crippen LogP contribution in [0.4, 0.5) is 0 Å². The molecule has 1 aromatic rings. The lowest BCUT2D eigenvalue weighted by atomic mass is 10.1. The molecule has 0 fully saturated rings. The number of aliphatic hydroxyl groups is 1. The SMILES string of the molecule is CC(C=O)c1ccc(CO)o1. The van der Waals surface area contributed by atoms with Crippen molar-refractivity contribution < 1.29 is 14.3 Å². The van der Waals surface area contributed by atoms with Crippen molar-refractivity contribution in [3.8, 4) is 0 Å². The van der Waals surface area contributed by atoms with Gasteiger partial charge >= 0.3 is 0 Å². The Morgan fingerprint density at radius 1 is 1.73 bits per heavy atom. The number of carbonyl (C=O) groups is 1. The molecular weight excluding hydrogens is 144 g/mol. The average Bonchev–Trinajstić information content (AvgIpc) is 2.50. The maximum atomic E-state index is 10.3. The van der Waals surface area contributed by atoms with Gasteiger partial charge in [0.05, 0.1) is 5.92 Å². The first-order valence-corrected chi connectivity index (χ1v) is 3.42. The van der Waals surface area contributed by atoms with Crippen LogP contribution in [0.15, 0.2) is 16.5 Å². The number of hydrogen-bond donors (Lipinski definition) is 1. The quantitative estimate of drug-likeness (QED) is 0.662. The van der Waals surface area contributed by atoms with E-state index >= 15 is 0 Å². The smallest absolute Gasteiger partial charge is 0.130 e. The summed E-state index contributed by atoms with van der Waals surface area (Å²) in [5.74, 6) is 0.869. The van der Waals surface area contributed by atoms with Crippen molar-refractivity contribution in [1.82, 2.24) is 0 Å². The van der Waals surface area contributed by atoms with Gasteiger partial charge in [-0.05, 0) is 19.1 Å². The molecule has 1 rings (SSSR count). The summed E-state index contributed by atoms with van der Waals surface area (Å²) in [6.07, 6.45) is 0.806. The van der Waals surface area contributed by atoms with E-state index in [1.807, 2.05) is 0 Å². The number of furan rings is 1. The molecule has 0 radical (unpaired) electrons. The van der Waals surface area contributed by atoms with Crippen molar-refractivity contribution in [2.45, 2.75) is 19.4 Å². The van der Waals surface area contributed by atoms with Crippen LogP contribution in [0.1, 0.15) is 24.4 Å². The van der Waals surface area contributed by atoms with Crippen LogP contribution in [-0.4, -0.2) is 11.4 Å². The lowest BCUT2D eigenvalue weighted by molar-refractivity contribution is -0.109. The summed E-state index contributed by atoms with van der Waals surface area (Å²) >= 11 is 0. The van der Waals surface area contributed by atoms with Crippen molar-refractivity contribution in [3.05, 3.63) is 23.7 Å². The molecule has 3 heteroatoms. The second kappa shape index (κ2) is 3.34. The minimum Gasteiger partial charge on any atom is -0.463 e. The number of rotatable bonds is 3. The lowest BCUT2D eigenvalue weighted by Gasteiger charge is -1.95. The van der Waals surface area contributed by atoms with E-state index in [1.54, 1.807) is 19.1 Å². The van der Waals surface area contributed by atoms with Gasteiger partial charge in [0, 0.05) is 0 Å². The van der Waals surface area contributed by atoms with Crippen molar-refractivity contribution in [3.63, 3.8) is 0 Å². The molecule has 1 unspecified atom stereocenters. The highest BCUT2D eigenvalue weighted by molar-refractivity contribution is 5.59. The van der Waals surface area contributed by atoms with Gasteiger partial charge in [-0.25, -0.2) is 0 Å². The minimum absolute atomic E-state index is 0.119. The normalized spacial score (nSPS) is 12.9.